The minimum absolute atomic E-state index is 0.0230. The molecule has 0 saturated carbocycles. The van der Waals surface area contributed by atoms with Gasteiger partial charge in [-0.05, 0) is 99.9 Å². The fourth-order valence-corrected chi connectivity index (χ4v) is 5.57. The molecule has 1 unspecified atom stereocenters. The van der Waals surface area contributed by atoms with Crippen LogP contribution >= 0.6 is 0 Å². The van der Waals surface area contributed by atoms with Crippen LogP contribution in [0.25, 0.3) is 16.8 Å². The first-order valence-corrected chi connectivity index (χ1v) is 13.8. The van der Waals surface area contributed by atoms with E-state index in [1.165, 1.54) is 17.0 Å². The molecule has 2 fully saturated rings. The van der Waals surface area contributed by atoms with Gasteiger partial charge in [0.25, 0.3) is 0 Å². The summed E-state index contributed by atoms with van der Waals surface area (Å²) in [5.41, 5.74) is 7.24. The summed E-state index contributed by atoms with van der Waals surface area (Å²) in [5, 5.41) is 10.5. The van der Waals surface area contributed by atoms with Gasteiger partial charge in [-0.2, -0.15) is 0 Å². The number of rotatable bonds is 9. The number of nitrogens with zero attached hydrogens (tertiary/aromatic N) is 2. The van der Waals surface area contributed by atoms with Crippen LogP contribution in [-0.4, -0.2) is 60.6 Å². The summed E-state index contributed by atoms with van der Waals surface area (Å²) in [5.74, 6) is 0.545. The summed E-state index contributed by atoms with van der Waals surface area (Å²) >= 11 is 0. The number of pyridine rings is 1. The molecule has 0 bridgehead atoms. The van der Waals surface area contributed by atoms with Crippen LogP contribution in [0.15, 0.2) is 42.5 Å². The third-order valence-electron chi connectivity index (χ3n) is 7.93. The van der Waals surface area contributed by atoms with Gasteiger partial charge >= 0.3 is 0 Å². The smallest absolute Gasteiger partial charge is 0.214 e. The van der Waals surface area contributed by atoms with Gasteiger partial charge in [-0.3, -0.25) is 0 Å². The first-order chi connectivity index (χ1) is 18.5. The monoisotopic (exact) mass is 520 g/mol. The van der Waals surface area contributed by atoms with Gasteiger partial charge in [0.1, 0.15) is 6.61 Å². The molecular formula is C31H40N2O5. The molecule has 5 rings (SSSR count). The molecule has 1 N–H and O–H groups in total. The van der Waals surface area contributed by atoms with E-state index in [4.69, 9.17) is 23.9 Å². The van der Waals surface area contributed by atoms with E-state index < -0.39 is 5.41 Å². The lowest BCUT2D eigenvalue weighted by atomic mass is 9.77. The van der Waals surface area contributed by atoms with Crippen molar-refractivity contribution < 1.29 is 24.1 Å². The third kappa shape index (κ3) is 5.81. The van der Waals surface area contributed by atoms with Gasteiger partial charge in [0, 0.05) is 48.4 Å². The summed E-state index contributed by atoms with van der Waals surface area (Å²) in [6.45, 7) is 9.19. The van der Waals surface area contributed by atoms with Gasteiger partial charge in [-0.15, -0.1) is 0 Å². The highest BCUT2D eigenvalue weighted by atomic mass is 16.7. The van der Waals surface area contributed by atoms with E-state index in [1.54, 1.807) is 0 Å². The Labute approximate surface area is 225 Å². The molecule has 7 nitrogen and oxygen atoms in total. The second-order valence-corrected chi connectivity index (χ2v) is 10.6. The third-order valence-corrected chi connectivity index (χ3v) is 7.93. The molecule has 4 heterocycles. The molecular weight excluding hydrogens is 480 g/mol. The summed E-state index contributed by atoms with van der Waals surface area (Å²) in [4.78, 5) is 4.91. The maximum Gasteiger partial charge on any atom is 0.214 e. The van der Waals surface area contributed by atoms with E-state index in [0.29, 0.717) is 32.3 Å². The van der Waals surface area contributed by atoms with Crippen molar-refractivity contribution >= 4 is 0 Å². The Hall–Kier alpha value is -2.71. The number of benzene rings is 1. The van der Waals surface area contributed by atoms with Gasteiger partial charge in [0.2, 0.25) is 5.88 Å². The molecule has 2 aliphatic rings. The molecule has 2 saturated heterocycles. The van der Waals surface area contributed by atoms with E-state index in [2.05, 4.69) is 61.7 Å². The van der Waals surface area contributed by atoms with Gasteiger partial charge in [-0.25, -0.2) is 4.98 Å². The number of hydrogen-bond donors (Lipinski definition) is 1. The van der Waals surface area contributed by atoms with Gasteiger partial charge in [0.05, 0.1) is 18.9 Å². The van der Waals surface area contributed by atoms with Gasteiger partial charge in [-0.1, -0.05) is 6.07 Å². The Kier molecular flexibility index (Phi) is 8.48. The van der Waals surface area contributed by atoms with Crippen molar-refractivity contribution in [3.05, 3.63) is 65.1 Å². The second-order valence-electron chi connectivity index (χ2n) is 10.6. The molecule has 3 aromatic rings. The van der Waals surface area contributed by atoms with Crippen LogP contribution < -0.4 is 4.74 Å². The van der Waals surface area contributed by atoms with Crippen molar-refractivity contribution in [3.63, 3.8) is 0 Å². The number of aromatic nitrogens is 2. The van der Waals surface area contributed by atoms with E-state index in [1.807, 2.05) is 6.07 Å². The van der Waals surface area contributed by atoms with Crippen molar-refractivity contribution in [2.24, 2.45) is 0 Å². The summed E-state index contributed by atoms with van der Waals surface area (Å²) in [6.07, 6.45) is 4.45. The van der Waals surface area contributed by atoms with E-state index in [9.17, 15) is 5.11 Å². The lowest BCUT2D eigenvalue weighted by molar-refractivity contribution is -0.165. The van der Waals surface area contributed by atoms with Crippen LogP contribution in [-0.2, 0) is 19.6 Å². The number of aliphatic hydroxyl groups is 1. The lowest BCUT2D eigenvalue weighted by Gasteiger charge is -2.35. The van der Waals surface area contributed by atoms with E-state index >= 15 is 0 Å². The standard InChI is InChI=1S/C31H40N2O5/c1-22-7-10-26(33-23(2)8-9-24(33)3)20-27(22)25-18-28(31(21-34)11-14-35-15-12-31)32-29(19-25)36-16-17-38-30-6-4-5-13-37-30/h7-10,18-20,30,34H,4-6,11-17,21H2,1-3H3. The molecule has 38 heavy (non-hydrogen) atoms. The van der Waals surface area contributed by atoms with E-state index in [-0.39, 0.29) is 12.9 Å². The Morgan fingerprint density at radius 2 is 1.76 bits per heavy atom. The fraction of sp³-hybridized carbons (Fsp3) is 0.516. The first kappa shape index (κ1) is 26.9. The summed E-state index contributed by atoms with van der Waals surface area (Å²) in [6, 6.07) is 15.0. The highest BCUT2D eigenvalue weighted by Gasteiger charge is 2.36. The normalized spacial score (nSPS) is 19.4. The van der Waals surface area contributed by atoms with Crippen molar-refractivity contribution in [2.75, 3.05) is 39.6 Å². The molecule has 0 spiro atoms. The lowest BCUT2D eigenvalue weighted by Crippen LogP contribution is -2.38. The predicted octanol–water partition coefficient (Wildman–Crippen LogP) is 5.43. The van der Waals surface area contributed by atoms with Crippen molar-refractivity contribution in [1.29, 1.82) is 0 Å². The summed E-state index contributed by atoms with van der Waals surface area (Å²) in [7, 11) is 0. The largest absolute Gasteiger partial charge is 0.475 e. The maximum absolute atomic E-state index is 10.5. The Morgan fingerprint density at radius 3 is 2.47 bits per heavy atom. The molecule has 1 atom stereocenters. The Bertz CT molecular complexity index is 1210. The van der Waals surface area contributed by atoms with Gasteiger partial charge < -0.3 is 28.6 Å². The van der Waals surface area contributed by atoms with Crippen molar-refractivity contribution in [3.8, 4) is 22.7 Å². The average Bonchev–Trinajstić information content (AvgIpc) is 3.29. The molecule has 2 aliphatic heterocycles. The second kappa shape index (κ2) is 12.0. The molecule has 0 radical (unpaired) electrons. The first-order valence-electron chi connectivity index (χ1n) is 13.8. The molecule has 7 heteroatoms. The quantitative estimate of drug-likeness (QED) is 0.380. The fourth-order valence-electron chi connectivity index (χ4n) is 5.57. The van der Waals surface area contributed by atoms with Crippen LogP contribution in [0, 0.1) is 20.8 Å². The average molecular weight is 521 g/mol. The van der Waals surface area contributed by atoms with Crippen molar-refractivity contribution in [1.82, 2.24) is 9.55 Å². The number of ether oxygens (including phenoxy) is 4. The topological polar surface area (TPSA) is 75.0 Å². The van der Waals surface area contributed by atoms with Crippen LogP contribution in [0.5, 0.6) is 5.88 Å². The highest BCUT2D eigenvalue weighted by molar-refractivity contribution is 5.71. The molecule has 204 valence electrons. The van der Waals surface area contributed by atoms with Crippen molar-refractivity contribution in [2.45, 2.75) is 64.6 Å². The van der Waals surface area contributed by atoms with Crippen LogP contribution in [0.3, 0.4) is 0 Å². The molecule has 2 aromatic heterocycles. The van der Waals surface area contributed by atoms with Crippen LogP contribution in [0.2, 0.25) is 0 Å². The van der Waals surface area contributed by atoms with Crippen LogP contribution in [0.4, 0.5) is 0 Å². The number of hydrogen-bond acceptors (Lipinski definition) is 6. The zero-order valence-electron chi connectivity index (χ0n) is 22.9. The molecule has 0 amide bonds. The minimum atomic E-state index is -0.447. The predicted molar refractivity (Wildman–Crippen MR) is 147 cm³/mol. The van der Waals surface area contributed by atoms with Crippen LogP contribution in [0.1, 0.15) is 54.7 Å². The molecule has 0 aliphatic carbocycles. The Morgan fingerprint density at radius 1 is 0.974 bits per heavy atom. The highest BCUT2D eigenvalue weighted by Crippen LogP contribution is 2.38. The summed E-state index contributed by atoms with van der Waals surface area (Å²) < 4.78 is 25.6. The minimum Gasteiger partial charge on any atom is -0.475 e. The van der Waals surface area contributed by atoms with E-state index in [0.717, 1.165) is 61.2 Å². The maximum atomic E-state index is 10.5. The number of aryl methyl sites for hydroxylation is 3. The Balaban J connectivity index is 1.47. The SMILES string of the molecule is Cc1ccc(-n2c(C)ccc2C)cc1-c1cc(OCCOC2CCCCO2)nc(C2(CO)CCOCC2)c1. The van der Waals surface area contributed by atoms with Gasteiger partial charge in [0.15, 0.2) is 6.29 Å². The molecule has 1 aromatic carbocycles. The zero-order chi connectivity index (χ0) is 26.5. The number of aliphatic hydroxyl groups excluding tert-OH is 1. The zero-order valence-corrected chi connectivity index (χ0v) is 22.9.